The molecular weight excluding hydrogens is 278 g/mol. The van der Waals surface area contributed by atoms with Gasteiger partial charge < -0.3 is 9.84 Å². The molecule has 6 nitrogen and oxygen atoms in total. The first kappa shape index (κ1) is 17.1. The van der Waals surface area contributed by atoms with Crippen LogP contribution >= 0.6 is 0 Å². The lowest BCUT2D eigenvalue weighted by molar-refractivity contribution is 0.391. The monoisotopic (exact) mass is 303 g/mol. The van der Waals surface area contributed by atoms with Crippen molar-refractivity contribution in [3.05, 3.63) is 17.0 Å². The van der Waals surface area contributed by atoms with Gasteiger partial charge in [-0.2, -0.15) is 0 Å². The van der Waals surface area contributed by atoms with E-state index in [2.05, 4.69) is 15.2 Å². The smallest absolute Gasteiger partial charge is 0.216 e. The minimum absolute atomic E-state index is 0.257. The summed E-state index contributed by atoms with van der Waals surface area (Å²) in [7, 11) is -3.40. The molecule has 0 aliphatic carbocycles. The van der Waals surface area contributed by atoms with Crippen molar-refractivity contribution in [2.24, 2.45) is 0 Å². The molecule has 0 saturated heterocycles. The van der Waals surface area contributed by atoms with Gasteiger partial charge in [0.2, 0.25) is 10.0 Å². The molecule has 1 rings (SSSR count). The Labute approximate surface area is 121 Å². The first-order chi connectivity index (χ1) is 9.15. The van der Waals surface area contributed by atoms with Crippen molar-refractivity contribution in [2.75, 3.05) is 6.54 Å². The molecule has 2 N–H and O–H groups in total. The molecular formula is C13H25N3O3S. The zero-order valence-electron chi connectivity index (χ0n) is 13.0. The highest BCUT2D eigenvalue weighted by molar-refractivity contribution is 7.90. The van der Waals surface area contributed by atoms with Crippen molar-refractivity contribution in [3.63, 3.8) is 0 Å². The van der Waals surface area contributed by atoms with Gasteiger partial charge in [0, 0.05) is 24.2 Å². The molecule has 0 fully saturated rings. The highest BCUT2D eigenvalue weighted by atomic mass is 32.2. The Morgan fingerprint density at radius 1 is 1.20 bits per heavy atom. The lowest BCUT2D eigenvalue weighted by atomic mass is 10.1. The van der Waals surface area contributed by atoms with Crippen LogP contribution in [-0.4, -0.2) is 31.4 Å². The normalized spacial score (nSPS) is 15.6. The second-order valence-electron chi connectivity index (χ2n) is 5.50. The molecule has 0 spiro atoms. The molecule has 7 heteroatoms. The van der Waals surface area contributed by atoms with E-state index in [0.29, 0.717) is 18.0 Å². The summed E-state index contributed by atoms with van der Waals surface area (Å²) >= 11 is 0. The third kappa shape index (κ3) is 4.29. The van der Waals surface area contributed by atoms with Gasteiger partial charge in [-0.25, -0.2) is 13.1 Å². The van der Waals surface area contributed by atoms with Crippen LogP contribution in [0.2, 0.25) is 0 Å². The van der Waals surface area contributed by atoms with Crippen molar-refractivity contribution in [1.29, 1.82) is 0 Å². The standard InChI is InChI=1S/C13H25N3O3S/c1-8(2)14-7-9(3)20(17,18)16-11(5)13-10(4)15-19-12(13)6/h8-9,11,14,16H,7H2,1-6H3. The maximum atomic E-state index is 12.3. The van der Waals surface area contributed by atoms with E-state index in [1.807, 2.05) is 13.8 Å². The van der Waals surface area contributed by atoms with Crippen LogP contribution in [0, 0.1) is 13.8 Å². The average Bonchev–Trinajstić information content (AvgIpc) is 2.65. The van der Waals surface area contributed by atoms with Crippen LogP contribution in [0.1, 0.15) is 50.8 Å². The zero-order chi connectivity index (χ0) is 15.5. The van der Waals surface area contributed by atoms with E-state index in [1.54, 1.807) is 27.7 Å². The highest BCUT2D eigenvalue weighted by Crippen LogP contribution is 2.22. The quantitative estimate of drug-likeness (QED) is 0.800. The van der Waals surface area contributed by atoms with Crippen LogP contribution in [0.25, 0.3) is 0 Å². The van der Waals surface area contributed by atoms with Crippen LogP contribution in [0.5, 0.6) is 0 Å². The summed E-state index contributed by atoms with van der Waals surface area (Å²) in [4.78, 5) is 0. The van der Waals surface area contributed by atoms with Crippen LogP contribution in [0.3, 0.4) is 0 Å². The first-order valence-electron chi connectivity index (χ1n) is 6.82. The summed E-state index contributed by atoms with van der Waals surface area (Å²) < 4.78 is 32.3. The Morgan fingerprint density at radius 2 is 1.80 bits per heavy atom. The van der Waals surface area contributed by atoms with Gasteiger partial charge in [0.25, 0.3) is 0 Å². The molecule has 2 unspecified atom stereocenters. The maximum Gasteiger partial charge on any atom is 0.216 e. The van der Waals surface area contributed by atoms with E-state index >= 15 is 0 Å². The number of rotatable bonds is 7. The predicted octanol–water partition coefficient (Wildman–Crippen LogP) is 1.66. The average molecular weight is 303 g/mol. The summed E-state index contributed by atoms with van der Waals surface area (Å²) in [6, 6.07) is -0.0969. The Bertz CT molecular complexity index is 518. The first-order valence-corrected chi connectivity index (χ1v) is 8.37. The van der Waals surface area contributed by atoms with Gasteiger partial charge in [0.15, 0.2) is 0 Å². The van der Waals surface area contributed by atoms with Crippen molar-refractivity contribution < 1.29 is 12.9 Å². The van der Waals surface area contributed by atoms with E-state index in [9.17, 15) is 8.42 Å². The summed E-state index contributed by atoms with van der Waals surface area (Å²) in [6.07, 6.45) is 0. The number of sulfonamides is 1. The lowest BCUT2D eigenvalue weighted by Gasteiger charge is -2.19. The number of hydrogen-bond donors (Lipinski definition) is 2. The Balaban J connectivity index is 2.76. The highest BCUT2D eigenvalue weighted by Gasteiger charge is 2.26. The SMILES string of the molecule is Cc1noc(C)c1C(C)NS(=O)(=O)C(C)CNC(C)C. The second kappa shape index (κ2) is 6.69. The fraction of sp³-hybridized carbons (Fsp3) is 0.769. The number of aromatic nitrogens is 1. The fourth-order valence-electron chi connectivity index (χ4n) is 2.04. The third-order valence-corrected chi connectivity index (χ3v) is 5.11. The molecule has 2 atom stereocenters. The molecule has 116 valence electrons. The van der Waals surface area contributed by atoms with Crippen LogP contribution in [0.15, 0.2) is 4.52 Å². The van der Waals surface area contributed by atoms with E-state index in [0.717, 1.165) is 5.56 Å². The van der Waals surface area contributed by atoms with Gasteiger partial charge in [-0.15, -0.1) is 0 Å². The zero-order valence-corrected chi connectivity index (χ0v) is 13.8. The topological polar surface area (TPSA) is 84.2 Å². The summed E-state index contributed by atoms with van der Waals surface area (Å²) in [6.45, 7) is 11.5. The van der Waals surface area contributed by atoms with Crippen molar-refractivity contribution in [1.82, 2.24) is 15.2 Å². The summed E-state index contributed by atoms with van der Waals surface area (Å²) in [5.74, 6) is 0.644. The Kier molecular flexibility index (Phi) is 5.73. The van der Waals surface area contributed by atoms with Crippen LogP contribution in [0.4, 0.5) is 0 Å². The number of nitrogens with zero attached hydrogens (tertiary/aromatic N) is 1. The van der Waals surface area contributed by atoms with Gasteiger partial charge in [-0.1, -0.05) is 19.0 Å². The Morgan fingerprint density at radius 3 is 2.25 bits per heavy atom. The Hall–Kier alpha value is -0.920. The van der Waals surface area contributed by atoms with Crippen LogP contribution < -0.4 is 10.0 Å². The van der Waals surface area contributed by atoms with Gasteiger partial charge in [0.1, 0.15) is 5.76 Å². The molecule has 0 bridgehead atoms. The van der Waals surface area contributed by atoms with E-state index in [4.69, 9.17) is 4.52 Å². The maximum absolute atomic E-state index is 12.3. The molecule has 1 aromatic rings. The van der Waals surface area contributed by atoms with Crippen LogP contribution in [-0.2, 0) is 10.0 Å². The van der Waals surface area contributed by atoms with E-state index in [-0.39, 0.29) is 12.1 Å². The largest absolute Gasteiger partial charge is 0.361 e. The van der Waals surface area contributed by atoms with Gasteiger partial charge >= 0.3 is 0 Å². The predicted molar refractivity (Wildman–Crippen MR) is 79.0 cm³/mol. The number of aryl methyl sites for hydroxylation is 2. The lowest BCUT2D eigenvalue weighted by Crippen LogP contribution is -2.41. The molecule has 1 aromatic heterocycles. The molecule has 0 saturated carbocycles. The minimum atomic E-state index is -3.40. The molecule has 0 radical (unpaired) electrons. The molecule has 0 aliphatic rings. The van der Waals surface area contributed by atoms with E-state index in [1.165, 1.54) is 0 Å². The molecule has 0 amide bonds. The number of nitrogens with one attached hydrogen (secondary N) is 2. The van der Waals surface area contributed by atoms with Gasteiger partial charge in [-0.05, 0) is 27.7 Å². The van der Waals surface area contributed by atoms with Gasteiger partial charge in [-0.3, -0.25) is 0 Å². The molecule has 0 aromatic carbocycles. The number of hydrogen-bond acceptors (Lipinski definition) is 5. The molecule has 20 heavy (non-hydrogen) atoms. The third-order valence-electron chi connectivity index (χ3n) is 3.21. The van der Waals surface area contributed by atoms with Crippen molar-refractivity contribution in [3.8, 4) is 0 Å². The molecule has 1 heterocycles. The second-order valence-corrected chi connectivity index (χ2v) is 7.63. The van der Waals surface area contributed by atoms with Crippen molar-refractivity contribution in [2.45, 2.75) is 58.9 Å². The fourth-order valence-corrected chi connectivity index (χ4v) is 3.20. The van der Waals surface area contributed by atoms with E-state index < -0.39 is 15.3 Å². The summed E-state index contributed by atoms with van der Waals surface area (Å²) in [5.41, 5.74) is 1.52. The minimum Gasteiger partial charge on any atom is -0.361 e. The van der Waals surface area contributed by atoms with Crippen molar-refractivity contribution >= 4 is 10.0 Å². The molecule has 0 aliphatic heterocycles. The summed E-state index contributed by atoms with van der Waals surface area (Å²) in [5, 5.41) is 6.47. The van der Waals surface area contributed by atoms with Gasteiger partial charge in [0.05, 0.1) is 10.9 Å².